The fourth-order valence-electron chi connectivity index (χ4n) is 8.65. The van der Waals surface area contributed by atoms with Crippen molar-refractivity contribution in [3.63, 3.8) is 0 Å². The molecule has 0 aromatic heterocycles. The van der Waals surface area contributed by atoms with E-state index in [1.165, 1.54) is 24.8 Å². The average molecular weight is 493 g/mol. The summed E-state index contributed by atoms with van der Waals surface area (Å²) >= 11 is 0. The second-order valence-corrected chi connectivity index (χ2v) is 13.2. The van der Waals surface area contributed by atoms with Crippen LogP contribution in [0.2, 0.25) is 0 Å². The summed E-state index contributed by atoms with van der Waals surface area (Å²) in [7, 11) is 1.97. The molecule has 0 radical (unpaired) electrons. The Kier molecular flexibility index (Phi) is 5.90. The van der Waals surface area contributed by atoms with Gasteiger partial charge in [-0.2, -0.15) is 0 Å². The largest absolute Gasteiger partial charge is 0.341 e. The topological polar surface area (TPSA) is 47.1 Å². The van der Waals surface area contributed by atoms with Gasteiger partial charge in [-0.15, -0.1) is 0 Å². The van der Waals surface area contributed by atoms with Crippen LogP contribution >= 0.6 is 0 Å². The van der Waals surface area contributed by atoms with Crippen LogP contribution in [0, 0.1) is 11.3 Å². The number of piperidine rings is 1. The number of fused-ring (bicyclic) bond motifs is 2. The van der Waals surface area contributed by atoms with Crippen LogP contribution in [-0.2, 0) is 4.79 Å². The maximum Gasteiger partial charge on any atom is 0.320 e. The average Bonchev–Trinajstić information content (AvgIpc) is 3.43. The minimum Gasteiger partial charge on any atom is -0.341 e. The van der Waals surface area contributed by atoms with E-state index in [1.54, 1.807) is 0 Å². The Labute approximate surface area is 217 Å². The zero-order valence-corrected chi connectivity index (χ0v) is 22.7. The van der Waals surface area contributed by atoms with Gasteiger partial charge in [-0.3, -0.25) is 9.69 Å². The third-order valence-corrected chi connectivity index (χ3v) is 10.5. The molecule has 1 saturated carbocycles. The number of carbonyl (C=O) groups is 2. The van der Waals surface area contributed by atoms with E-state index in [0.717, 1.165) is 51.9 Å². The zero-order chi connectivity index (χ0) is 25.2. The fraction of sp³-hybridized carbons (Fsp3) is 0.733. The van der Waals surface area contributed by atoms with Crippen LogP contribution in [0.25, 0.3) is 0 Å². The summed E-state index contributed by atoms with van der Waals surface area (Å²) in [5, 5.41) is 0. The van der Waals surface area contributed by atoms with Gasteiger partial charge >= 0.3 is 6.03 Å². The first kappa shape index (κ1) is 24.3. The van der Waals surface area contributed by atoms with Crippen molar-refractivity contribution in [2.75, 3.05) is 33.2 Å². The summed E-state index contributed by atoms with van der Waals surface area (Å²) in [4.78, 5) is 35.7. The molecule has 4 saturated heterocycles. The van der Waals surface area contributed by atoms with Gasteiger partial charge in [-0.25, -0.2) is 4.79 Å². The third kappa shape index (κ3) is 3.77. The van der Waals surface area contributed by atoms with Crippen molar-refractivity contribution in [2.45, 2.75) is 95.3 Å². The predicted octanol–water partition coefficient (Wildman–Crippen LogP) is 4.56. The second-order valence-electron chi connectivity index (χ2n) is 13.2. The number of urea groups is 1. The number of hydrogen-bond acceptors (Lipinski definition) is 3. The van der Waals surface area contributed by atoms with Crippen LogP contribution in [0.1, 0.15) is 77.2 Å². The maximum atomic E-state index is 13.5. The minimum absolute atomic E-state index is 0.0162. The van der Waals surface area contributed by atoms with Crippen molar-refractivity contribution < 1.29 is 9.59 Å². The number of nitrogens with zero attached hydrogens (tertiary/aromatic N) is 4. The van der Waals surface area contributed by atoms with Gasteiger partial charge < -0.3 is 14.7 Å². The van der Waals surface area contributed by atoms with E-state index >= 15 is 0 Å². The van der Waals surface area contributed by atoms with Gasteiger partial charge in [0.1, 0.15) is 0 Å². The molecular weight excluding hydrogens is 448 g/mol. The Morgan fingerprint density at radius 1 is 1.06 bits per heavy atom. The first-order chi connectivity index (χ1) is 17.2. The van der Waals surface area contributed by atoms with Crippen molar-refractivity contribution in [2.24, 2.45) is 11.3 Å². The molecule has 1 aliphatic carbocycles. The molecule has 6 heteroatoms. The number of benzene rings is 1. The van der Waals surface area contributed by atoms with Crippen molar-refractivity contribution in [3.05, 3.63) is 35.9 Å². The Bertz CT molecular complexity index is 991. The van der Waals surface area contributed by atoms with Crippen LogP contribution in [0.4, 0.5) is 4.79 Å². The third-order valence-electron chi connectivity index (χ3n) is 10.5. The van der Waals surface area contributed by atoms with Crippen molar-refractivity contribution in [1.29, 1.82) is 0 Å². The monoisotopic (exact) mass is 492 g/mol. The van der Waals surface area contributed by atoms with E-state index in [0.29, 0.717) is 29.8 Å². The molecule has 4 heterocycles. The summed E-state index contributed by atoms with van der Waals surface area (Å²) in [5.74, 6) is 1.25. The van der Waals surface area contributed by atoms with Gasteiger partial charge in [0.2, 0.25) is 5.91 Å². The van der Waals surface area contributed by atoms with E-state index in [1.807, 2.05) is 11.9 Å². The Morgan fingerprint density at radius 3 is 2.31 bits per heavy atom. The van der Waals surface area contributed by atoms with Gasteiger partial charge in [-0.1, -0.05) is 43.7 Å². The normalized spacial score (nSPS) is 35.8. The van der Waals surface area contributed by atoms with Crippen LogP contribution < -0.4 is 0 Å². The lowest BCUT2D eigenvalue weighted by atomic mass is 9.69. The summed E-state index contributed by atoms with van der Waals surface area (Å²) < 4.78 is 0. The van der Waals surface area contributed by atoms with Crippen molar-refractivity contribution in [1.82, 2.24) is 19.6 Å². The minimum atomic E-state index is -0.131. The molecule has 0 N–H and O–H groups in total. The fourth-order valence-corrected chi connectivity index (χ4v) is 8.65. The number of carbonyl (C=O) groups excluding carboxylic acids is 2. The Hall–Kier alpha value is -2.08. The zero-order valence-electron chi connectivity index (χ0n) is 22.7. The molecule has 196 valence electrons. The molecular formula is C30H44N4O2. The van der Waals surface area contributed by atoms with Crippen LogP contribution in [-0.4, -0.2) is 88.4 Å². The molecule has 1 aromatic rings. The first-order valence-electron chi connectivity index (χ1n) is 14.4. The van der Waals surface area contributed by atoms with E-state index < -0.39 is 0 Å². The Morgan fingerprint density at radius 2 is 1.72 bits per heavy atom. The molecule has 36 heavy (non-hydrogen) atoms. The van der Waals surface area contributed by atoms with E-state index in [9.17, 15) is 9.59 Å². The molecule has 6 rings (SSSR count). The summed E-state index contributed by atoms with van der Waals surface area (Å²) in [6.45, 7) is 10.2. The second kappa shape index (κ2) is 8.75. The summed E-state index contributed by atoms with van der Waals surface area (Å²) in [6.07, 6.45) is 7.91. The van der Waals surface area contributed by atoms with Crippen molar-refractivity contribution in [3.8, 4) is 0 Å². The molecule has 4 aliphatic heterocycles. The lowest BCUT2D eigenvalue weighted by Gasteiger charge is -2.50. The summed E-state index contributed by atoms with van der Waals surface area (Å²) in [6, 6.07) is 12.4. The molecule has 1 spiro atoms. The molecule has 4 atom stereocenters. The molecule has 5 fully saturated rings. The van der Waals surface area contributed by atoms with Gasteiger partial charge in [0.05, 0.1) is 5.54 Å². The SMILES string of the molecule is CC(C)N1C(=O)N(C)CC12CC1CCC(C2)N1C[C@H]1CN(C(=O)C2(C)CCC2)C[C@@H]1c1ccccc1. The highest BCUT2D eigenvalue weighted by Gasteiger charge is 2.57. The maximum absolute atomic E-state index is 13.5. The number of amides is 3. The van der Waals surface area contributed by atoms with Crippen molar-refractivity contribution >= 4 is 11.9 Å². The predicted molar refractivity (Wildman–Crippen MR) is 142 cm³/mol. The van der Waals surface area contributed by atoms with E-state index in [-0.39, 0.29) is 23.0 Å². The number of likely N-dealkylation sites (tertiary alicyclic amines) is 1. The van der Waals surface area contributed by atoms with Crippen LogP contribution in [0.15, 0.2) is 30.3 Å². The van der Waals surface area contributed by atoms with Gasteiger partial charge in [0, 0.05) is 62.7 Å². The summed E-state index contributed by atoms with van der Waals surface area (Å²) in [5.41, 5.74) is 1.23. The number of rotatable bonds is 5. The number of hydrogen-bond donors (Lipinski definition) is 0. The lowest BCUT2D eigenvalue weighted by Crippen LogP contribution is -2.60. The molecule has 1 aromatic carbocycles. The highest BCUT2D eigenvalue weighted by Crippen LogP contribution is 2.49. The molecule has 5 aliphatic rings. The van der Waals surface area contributed by atoms with Crippen LogP contribution in [0.3, 0.4) is 0 Å². The molecule has 3 amide bonds. The van der Waals surface area contributed by atoms with Gasteiger partial charge in [0.15, 0.2) is 0 Å². The molecule has 2 unspecified atom stereocenters. The number of likely N-dealkylation sites (N-methyl/N-ethyl adjacent to an activating group) is 1. The molecule has 2 bridgehead atoms. The highest BCUT2D eigenvalue weighted by atomic mass is 16.2. The quantitative estimate of drug-likeness (QED) is 0.605. The smallest absolute Gasteiger partial charge is 0.320 e. The van der Waals surface area contributed by atoms with Gasteiger partial charge in [-0.05, 0) is 63.9 Å². The highest BCUT2D eigenvalue weighted by molar-refractivity contribution is 5.83. The lowest BCUT2D eigenvalue weighted by molar-refractivity contribution is -0.145. The molecule has 6 nitrogen and oxygen atoms in total. The van der Waals surface area contributed by atoms with Crippen LogP contribution in [0.5, 0.6) is 0 Å². The van der Waals surface area contributed by atoms with E-state index in [2.05, 4.69) is 65.8 Å². The Balaban J connectivity index is 1.22. The first-order valence-corrected chi connectivity index (χ1v) is 14.4. The standard InChI is InChI=1S/C30H44N4O2/c1-21(2)34-28(36)31(4)20-30(34)15-24-11-12-25(16-30)33(24)18-23-17-32(27(35)29(3)13-8-14-29)19-26(23)22-9-6-5-7-10-22/h5-7,9-10,21,23-26H,8,11-20H2,1-4H3/t23-,24?,25?,26-,30?/m1/s1. The van der Waals surface area contributed by atoms with Gasteiger partial charge in [0.25, 0.3) is 0 Å². The van der Waals surface area contributed by atoms with E-state index in [4.69, 9.17) is 0 Å².